The number of allylic oxidation sites excluding steroid dienone is 2. The van der Waals surface area contributed by atoms with Gasteiger partial charge in [-0.25, -0.2) is 0 Å². The maximum atomic E-state index is 6.00. The van der Waals surface area contributed by atoms with E-state index in [0.717, 1.165) is 22.1 Å². The normalized spacial score (nSPS) is 32.9. The molecule has 1 aromatic heterocycles. The van der Waals surface area contributed by atoms with E-state index in [2.05, 4.69) is 37.4 Å². The Hall–Kier alpha value is -0.310. The Balaban J connectivity index is 1.61. The van der Waals surface area contributed by atoms with E-state index in [0.29, 0.717) is 12.1 Å². The molecule has 5 unspecified atom stereocenters. The predicted octanol–water partition coefficient (Wildman–Crippen LogP) is 4.65. The summed E-state index contributed by atoms with van der Waals surface area (Å²) in [4.78, 5) is 1.34. The highest BCUT2D eigenvalue weighted by Crippen LogP contribution is 2.45. The van der Waals surface area contributed by atoms with Crippen molar-refractivity contribution < 1.29 is 0 Å². The molecular formula is C15H20ClNS. The molecule has 18 heavy (non-hydrogen) atoms. The fourth-order valence-corrected chi connectivity index (χ4v) is 4.63. The van der Waals surface area contributed by atoms with E-state index in [1.54, 1.807) is 11.3 Å². The molecule has 2 bridgehead atoms. The Kier molecular flexibility index (Phi) is 3.52. The Morgan fingerprint density at radius 2 is 2.11 bits per heavy atom. The first kappa shape index (κ1) is 12.7. The van der Waals surface area contributed by atoms with Crippen LogP contribution in [0.4, 0.5) is 0 Å². The van der Waals surface area contributed by atoms with Crippen molar-refractivity contribution in [2.45, 2.75) is 38.8 Å². The summed E-state index contributed by atoms with van der Waals surface area (Å²) in [5.41, 5.74) is 0. The summed E-state index contributed by atoms with van der Waals surface area (Å²) < 4.78 is 0.883. The van der Waals surface area contributed by atoms with E-state index < -0.39 is 0 Å². The fraction of sp³-hybridized carbons (Fsp3) is 0.600. The van der Waals surface area contributed by atoms with Gasteiger partial charge in [0.2, 0.25) is 0 Å². The van der Waals surface area contributed by atoms with Gasteiger partial charge < -0.3 is 5.32 Å². The molecule has 1 N–H and O–H groups in total. The average molecular weight is 282 g/mol. The van der Waals surface area contributed by atoms with Crippen LogP contribution in [0.1, 0.15) is 37.6 Å². The van der Waals surface area contributed by atoms with Crippen molar-refractivity contribution in [2.75, 3.05) is 0 Å². The number of nitrogens with one attached hydrogen (secondary N) is 1. The maximum Gasteiger partial charge on any atom is 0.0931 e. The molecule has 0 spiro atoms. The lowest BCUT2D eigenvalue weighted by Gasteiger charge is -2.28. The summed E-state index contributed by atoms with van der Waals surface area (Å²) in [5, 5.41) is 3.75. The fourth-order valence-electron chi connectivity index (χ4n) is 3.56. The first-order valence-corrected chi connectivity index (χ1v) is 8.02. The van der Waals surface area contributed by atoms with Crippen LogP contribution >= 0.6 is 22.9 Å². The Morgan fingerprint density at radius 1 is 1.28 bits per heavy atom. The Morgan fingerprint density at radius 3 is 2.67 bits per heavy atom. The lowest BCUT2D eigenvalue weighted by Crippen LogP contribution is -2.36. The van der Waals surface area contributed by atoms with Gasteiger partial charge in [0.1, 0.15) is 0 Å². The zero-order chi connectivity index (χ0) is 12.7. The highest BCUT2D eigenvalue weighted by atomic mass is 35.5. The van der Waals surface area contributed by atoms with Gasteiger partial charge in [-0.05, 0) is 56.6 Å². The van der Waals surface area contributed by atoms with Crippen LogP contribution in [-0.4, -0.2) is 6.04 Å². The second-order valence-corrected chi connectivity index (χ2v) is 7.51. The molecule has 3 heteroatoms. The molecule has 0 aliphatic heterocycles. The van der Waals surface area contributed by atoms with Crippen molar-refractivity contribution in [2.24, 2.45) is 17.8 Å². The predicted molar refractivity (Wildman–Crippen MR) is 79.2 cm³/mol. The van der Waals surface area contributed by atoms with E-state index in [1.807, 2.05) is 6.07 Å². The maximum absolute atomic E-state index is 6.00. The molecule has 1 heterocycles. The minimum Gasteiger partial charge on any atom is -0.307 e. The van der Waals surface area contributed by atoms with Crippen LogP contribution < -0.4 is 5.32 Å². The minimum atomic E-state index is 0.403. The molecule has 0 aromatic carbocycles. The number of hydrogen-bond acceptors (Lipinski definition) is 2. The van der Waals surface area contributed by atoms with Gasteiger partial charge in [-0.2, -0.15) is 0 Å². The number of thiophene rings is 1. The summed E-state index contributed by atoms with van der Waals surface area (Å²) in [5.74, 6) is 2.49. The molecule has 3 rings (SSSR count). The molecule has 0 amide bonds. The third-order valence-electron chi connectivity index (χ3n) is 4.51. The van der Waals surface area contributed by atoms with Crippen LogP contribution in [0.3, 0.4) is 0 Å². The van der Waals surface area contributed by atoms with Crippen LogP contribution in [0.15, 0.2) is 24.3 Å². The number of halogens is 1. The smallest absolute Gasteiger partial charge is 0.0931 e. The van der Waals surface area contributed by atoms with E-state index in [4.69, 9.17) is 11.6 Å². The second-order valence-electron chi connectivity index (χ2n) is 5.76. The standard InChI is InChI=1S/C15H20ClNS/c1-9(13-8-11-3-4-12(13)7-11)17-10(2)14-5-6-15(16)18-14/h3-6,9-13,17H,7-8H2,1-2H3. The monoisotopic (exact) mass is 281 g/mol. The summed E-state index contributed by atoms with van der Waals surface area (Å²) in [6, 6.07) is 5.12. The molecule has 0 radical (unpaired) electrons. The van der Waals surface area contributed by atoms with Gasteiger partial charge in [-0.1, -0.05) is 23.8 Å². The third-order valence-corrected chi connectivity index (χ3v) is 5.92. The van der Waals surface area contributed by atoms with Crippen molar-refractivity contribution in [3.8, 4) is 0 Å². The molecule has 5 atom stereocenters. The molecule has 2 aliphatic carbocycles. The molecule has 98 valence electrons. The lowest BCUT2D eigenvalue weighted by atomic mass is 9.87. The number of hydrogen-bond donors (Lipinski definition) is 1. The molecular weight excluding hydrogens is 262 g/mol. The van der Waals surface area contributed by atoms with E-state index in [-0.39, 0.29) is 0 Å². The zero-order valence-electron chi connectivity index (χ0n) is 10.9. The highest BCUT2D eigenvalue weighted by molar-refractivity contribution is 7.16. The van der Waals surface area contributed by atoms with Crippen LogP contribution in [0.2, 0.25) is 4.34 Å². The van der Waals surface area contributed by atoms with Gasteiger partial charge in [-0.3, -0.25) is 0 Å². The zero-order valence-corrected chi connectivity index (χ0v) is 12.5. The van der Waals surface area contributed by atoms with Gasteiger partial charge in [-0.15, -0.1) is 11.3 Å². The first-order chi connectivity index (χ1) is 8.63. The minimum absolute atomic E-state index is 0.403. The van der Waals surface area contributed by atoms with Crippen LogP contribution in [0, 0.1) is 17.8 Å². The number of rotatable bonds is 4. The highest BCUT2D eigenvalue weighted by Gasteiger charge is 2.38. The molecule has 1 fully saturated rings. The molecule has 0 saturated heterocycles. The van der Waals surface area contributed by atoms with Crippen molar-refractivity contribution in [3.05, 3.63) is 33.5 Å². The second kappa shape index (κ2) is 4.99. The van der Waals surface area contributed by atoms with Gasteiger partial charge in [0.05, 0.1) is 4.34 Å². The van der Waals surface area contributed by atoms with Gasteiger partial charge in [0, 0.05) is 17.0 Å². The molecule has 1 nitrogen and oxygen atoms in total. The van der Waals surface area contributed by atoms with Crippen LogP contribution in [0.5, 0.6) is 0 Å². The van der Waals surface area contributed by atoms with E-state index in [1.165, 1.54) is 17.7 Å². The summed E-state index contributed by atoms with van der Waals surface area (Å²) in [6.07, 6.45) is 7.60. The quantitative estimate of drug-likeness (QED) is 0.792. The average Bonchev–Trinajstić information content (AvgIpc) is 3.03. The summed E-state index contributed by atoms with van der Waals surface area (Å²) in [6.45, 7) is 4.58. The Labute approximate surface area is 118 Å². The van der Waals surface area contributed by atoms with Crippen molar-refractivity contribution in [1.29, 1.82) is 0 Å². The van der Waals surface area contributed by atoms with Crippen molar-refractivity contribution in [1.82, 2.24) is 5.32 Å². The topological polar surface area (TPSA) is 12.0 Å². The van der Waals surface area contributed by atoms with Gasteiger partial charge in [0.25, 0.3) is 0 Å². The van der Waals surface area contributed by atoms with Gasteiger partial charge >= 0.3 is 0 Å². The van der Waals surface area contributed by atoms with E-state index in [9.17, 15) is 0 Å². The lowest BCUT2D eigenvalue weighted by molar-refractivity contribution is 0.308. The summed E-state index contributed by atoms with van der Waals surface area (Å²) >= 11 is 7.69. The molecule has 1 saturated carbocycles. The van der Waals surface area contributed by atoms with Crippen molar-refractivity contribution >= 4 is 22.9 Å². The van der Waals surface area contributed by atoms with Gasteiger partial charge in [0.15, 0.2) is 0 Å². The molecule has 1 aromatic rings. The number of fused-ring (bicyclic) bond motifs is 2. The van der Waals surface area contributed by atoms with Crippen LogP contribution in [-0.2, 0) is 0 Å². The molecule has 2 aliphatic rings. The summed E-state index contributed by atoms with van der Waals surface area (Å²) in [7, 11) is 0. The largest absolute Gasteiger partial charge is 0.307 e. The Bertz CT molecular complexity index is 453. The van der Waals surface area contributed by atoms with Crippen molar-refractivity contribution in [3.63, 3.8) is 0 Å². The first-order valence-electron chi connectivity index (χ1n) is 6.83. The van der Waals surface area contributed by atoms with E-state index >= 15 is 0 Å². The SMILES string of the molecule is CC(NC(C)C1CC2C=CC1C2)c1ccc(Cl)s1. The third kappa shape index (κ3) is 2.38. The van der Waals surface area contributed by atoms with Crippen LogP contribution in [0.25, 0.3) is 0 Å².